The third kappa shape index (κ3) is 2.55. The lowest BCUT2D eigenvalue weighted by Crippen LogP contribution is -2.47. The minimum atomic E-state index is -0.401. The highest BCUT2D eigenvalue weighted by Crippen LogP contribution is 2.45. The molecular formula is C18H20N2O3. The Kier molecular flexibility index (Phi) is 3.45. The molecule has 2 aliphatic rings. The van der Waals surface area contributed by atoms with Gasteiger partial charge in [-0.25, -0.2) is 9.78 Å². The van der Waals surface area contributed by atoms with Crippen molar-refractivity contribution >= 4 is 5.97 Å². The topological polar surface area (TPSA) is 56.7 Å². The van der Waals surface area contributed by atoms with Crippen LogP contribution in [0, 0.1) is 0 Å². The molecule has 1 unspecified atom stereocenters. The van der Waals surface area contributed by atoms with Crippen molar-refractivity contribution in [3.63, 3.8) is 0 Å². The highest BCUT2D eigenvalue weighted by Gasteiger charge is 2.54. The molecule has 1 aromatic heterocycles. The summed E-state index contributed by atoms with van der Waals surface area (Å²) in [5.41, 5.74) is 1.22. The fourth-order valence-electron chi connectivity index (χ4n) is 3.27. The zero-order chi connectivity index (χ0) is 15.9. The Hall–Kier alpha value is -2.14. The minimum absolute atomic E-state index is 0.0239. The van der Waals surface area contributed by atoms with E-state index in [1.54, 1.807) is 12.5 Å². The number of nitrogens with zero attached hydrogens (tertiary/aromatic N) is 2. The fourth-order valence-corrected chi connectivity index (χ4v) is 3.27. The van der Waals surface area contributed by atoms with E-state index in [2.05, 4.69) is 11.9 Å². The first-order valence-corrected chi connectivity index (χ1v) is 8.11. The van der Waals surface area contributed by atoms with Crippen LogP contribution in [0.3, 0.4) is 0 Å². The maximum Gasteiger partial charge on any atom is 0.357 e. The zero-order valence-electron chi connectivity index (χ0n) is 13.1. The summed E-state index contributed by atoms with van der Waals surface area (Å²) in [6, 6.07) is 10.1. The van der Waals surface area contributed by atoms with Crippen molar-refractivity contribution in [3.8, 4) is 0 Å². The number of benzene rings is 1. The average molecular weight is 312 g/mol. The van der Waals surface area contributed by atoms with Crippen molar-refractivity contribution in [2.45, 2.75) is 43.9 Å². The van der Waals surface area contributed by atoms with E-state index in [0.29, 0.717) is 12.3 Å². The molecule has 0 N–H and O–H groups in total. The highest BCUT2D eigenvalue weighted by molar-refractivity contribution is 5.88. The Labute approximate surface area is 135 Å². The molecule has 2 heterocycles. The van der Waals surface area contributed by atoms with Crippen molar-refractivity contribution in [1.82, 2.24) is 9.55 Å². The molecule has 1 aliphatic carbocycles. The second-order valence-corrected chi connectivity index (χ2v) is 6.40. The summed E-state index contributed by atoms with van der Waals surface area (Å²) < 4.78 is 13.1. The van der Waals surface area contributed by atoms with Crippen LogP contribution < -0.4 is 0 Å². The third-order valence-electron chi connectivity index (χ3n) is 4.99. The van der Waals surface area contributed by atoms with Gasteiger partial charge in [0.05, 0.1) is 25.2 Å². The van der Waals surface area contributed by atoms with Crippen LogP contribution in [0.25, 0.3) is 0 Å². The standard InChI is InChI=1S/C18H20N2O3/c1-13(14-6-3-2-4-7-14)20-12-19-10-15(20)17(21)23-18(8-5-9-18)16-11-22-16/h2-4,6-7,10,12-13,16H,5,8-9,11H2,1H3/t13-,16?/m1/s1. The van der Waals surface area contributed by atoms with Gasteiger partial charge in [0.15, 0.2) is 0 Å². The molecule has 4 rings (SSSR count). The fraction of sp³-hybridized carbons (Fsp3) is 0.444. The van der Waals surface area contributed by atoms with Crippen LogP contribution in [-0.2, 0) is 9.47 Å². The summed E-state index contributed by atoms with van der Waals surface area (Å²) >= 11 is 0. The Morgan fingerprint density at radius 1 is 1.39 bits per heavy atom. The predicted octanol–water partition coefficient (Wildman–Crippen LogP) is 2.97. The summed E-state index contributed by atoms with van der Waals surface area (Å²) in [6.45, 7) is 2.75. The van der Waals surface area contributed by atoms with Crippen LogP contribution in [-0.4, -0.2) is 33.8 Å². The molecule has 23 heavy (non-hydrogen) atoms. The number of esters is 1. The van der Waals surface area contributed by atoms with E-state index in [1.807, 2.05) is 34.9 Å². The number of ether oxygens (including phenoxy) is 2. The minimum Gasteiger partial charge on any atom is -0.451 e. The monoisotopic (exact) mass is 312 g/mol. The molecule has 0 radical (unpaired) electrons. The molecule has 2 fully saturated rings. The molecule has 1 saturated carbocycles. The number of carbonyl (C=O) groups excluding carboxylic acids is 1. The predicted molar refractivity (Wildman–Crippen MR) is 84.2 cm³/mol. The Bertz CT molecular complexity index is 702. The van der Waals surface area contributed by atoms with E-state index in [0.717, 1.165) is 24.8 Å². The van der Waals surface area contributed by atoms with Crippen molar-refractivity contribution in [3.05, 3.63) is 54.1 Å². The van der Waals surface area contributed by atoms with Crippen LogP contribution in [0.2, 0.25) is 0 Å². The van der Waals surface area contributed by atoms with Gasteiger partial charge in [0, 0.05) is 0 Å². The SMILES string of the molecule is C[C@H](c1ccccc1)n1cncc1C(=O)OC1(C2CO2)CCC1. The number of carbonyl (C=O) groups is 1. The molecule has 1 saturated heterocycles. The van der Waals surface area contributed by atoms with Gasteiger partial charge in [0.1, 0.15) is 17.4 Å². The van der Waals surface area contributed by atoms with Crippen molar-refractivity contribution < 1.29 is 14.3 Å². The zero-order valence-corrected chi connectivity index (χ0v) is 13.1. The van der Waals surface area contributed by atoms with Crippen molar-refractivity contribution in [1.29, 1.82) is 0 Å². The molecule has 2 atom stereocenters. The summed E-state index contributed by atoms with van der Waals surface area (Å²) in [7, 11) is 0. The molecule has 1 aliphatic heterocycles. The highest BCUT2D eigenvalue weighted by atomic mass is 16.6. The van der Waals surface area contributed by atoms with Gasteiger partial charge in [0.2, 0.25) is 0 Å². The lowest BCUT2D eigenvalue weighted by molar-refractivity contribution is -0.0782. The van der Waals surface area contributed by atoms with E-state index in [-0.39, 0.29) is 18.1 Å². The maximum absolute atomic E-state index is 12.7. The number of hydrogen-bond acceptors (Lipinski definition) is 4. The largest absolute Gasteiger partial charge is 0.451 e. The van der Waals surface area contributed by atoms with Gasteiger partial charge in [-0.1, -0.05) is 30.3 Å². The Balaban J connectivity index is 1.56. The lowest BCUT2D eigenvalue weighted by atomic mass is 9.77. The molecule has 2 aromatic rings. The first kappa shape index (κ1) is 14.5. The molecule has 0 amide bonds. The summed E-state index contributed by atoms with van der Waals surface area (Å²) in [6.07, 6.45) is 6.24. The van der Waals surface area contributed by atoms with Crippen LogP contribution >= 0.6 is 0 Å². The second kappa shape index (κ2) is 5.49. The Morgan fingerprint density at radius 3 is 2.74 bits per heavy atom. The first-order valence-electron chi connectivity index (χ1n) is 8.11. The Morgan fingerprint density at radius 2 is 2.13 bits per heavy atom. The number of imidazole rings is 1. The number of aromatic nitrogens is 2. The molecule has 5 heteroatoms. The van der Waals surface area contributed by atoms with E-state index in [9.17, 15) is 4.79 Å². The van der Waals surface area contributed by atoms with Gasteiger partial charge in [-0.05, 0) is 31.7 Å². The van der Waals surface area contributed by atoms with Crippen LogP contribution in [0.15, 0.2) is 42.9 Å². The smallest absolute Gasteiger partial charge is 0.357 e. The molecule has 5 nitrogen and oxygen atoms in total. The van der Waals surface area contributed by atoms with Gasteiger partial charge >= 0.3 is 5.97 Å². The average Bonchev–Trinajstić information content (AvgIpc) is 3.27. The van der Waals surface area contributed by atoms with Gasteiger partial charge in [-0.2, -0.15) is 0 Å². The van der Waals surface area contributed by atoms with Gasteiger partial charge in [-0.3, -0.25) is 0 Å². The number of rotatable bonds is 5. The summed E-state index contributed by atoms with van der Waals surface area (Å²) in [5.74, 6) is -0.305. The summed E-state index contributed by atoms with van der Waals surface area (Å²) in [5, 5.41) is 0. The molecule has 0 spiro atoms. The number of epoxide rings is 1. The van der Waals surface area contributed by atoms with Gasteiger partial charge in [0.25, 0.3) is 0 Å². The molecule has 120 valence electrons. The van der Waals surface area contributed by atoms with E-state index < -0.39 is 5.60 Å². The lowest BCUT2D eigenvalue weighted by Gasteiger charge is -2.39. The van der Waals surface area contributed by atoms with Crippen LogP contribution in [0.5, 0.6) is 0 Å². The van der Waals surface area contributed by atoms with Crippen LogP contribution in [0.1, 0.15) is 48.3 Å². The van der Waals surface area contributed by atoms with E-state index in [1.165, 1.54) is 0 Å². The maximum atomic E-state index is 12.7. The third-order valence-corrected chi connectivity index (χ3v) is 4.99. The van der Waals surface area contributed by atoms with Gasteiger partial charge < -0.3 is 14.0 Å². The van der Waals surface area contributed by atoms with E-state index >= 15 is 0 Å². The normalized spacial score (nSPS) is 22.9. The molecule has 0 bridgehead atoms. The molecular weight excluding hydrogens is 292 g/mol. The second-order valence-electron chi connectivity index (χ2n) is 6.40. The molecule has 1 aromatic carbocycles. The van der Waals surface area contributed by atoms with Crippen molar-refractivity contribution in [2.75, 3.05) is 6.61 Å². The first-order chi connectivity index (χ1) is 11.2. The summed E-state index contributed by atoms with van der Waals surface area (Å²) in [4.78, 5) is 16.8. The number of hydrogen-bond donors (Lipinski definition) is 0. The van der Waals surface area contributed by atoms with Crippen LogP contribution in [0.4, 0.5) is 0 Å². The van der Waals surface area contributed by atoms with Gasteiger partial charge in [-0.15, -0.1) is 0 Å². The quantitative estimate of drug-likeness (QED) is 0.629. The van der Waals surface area contributed by atoms with E-state index in [4.69, 9.17) is 9.47 Å². The van der Waals surface area contributed by atoms with Crippen molar-refractivity contribution in [2.24, 2.45) is 0 Å².